The van der Waals surface area contributed by atoms with Crippen molar-refractivity contribution in [2.45, 2.75) is 35.3 Å². The number of aromatic nitrogens is 1. The number of benzene rings is 2. The fourth-order valence-electron chi connectivity index (χ4n) is 3.77. The van der Waals surface area contributed by atoms with Gasteiger partial charge in [0.2, 0.25) is 0 Å². The summed E-state index contributed by atoms with van der Waals surface area (Å²) in [5.41, 5.74) is 4.82. The molecular weight excluding hydrogens is 404 g/mol. The summed E-state index contributed by atoms with van der Waals surface area (Å²) in [6.07, 6.45) is 1.77. The van der Waals surface area contributed by atoms with Crippen molar-refractivity contribution < 1.29 is 13.0 Å². The number of hydrogen-bond donors (Lipinski definition) is 1. The van der Waals surface area contributed by atoms with E-state index in [9.17, 15) is 13.0 Å². The van der Waals surface area contributed by atoms with Crippen molar-refractivity contribution in [3.05, 3.63) is 77.6 Å². The number of fused-ring (bicyclic) bond motifs is 2. The van der Waals surface area contributed by atoms with Crippen molar-refractivity contribution in [1.82, 2.24) is 4.98 Å². The number of nitrogens with zero attached hydrogens (tertiary/aromatic N) is 2. The van der Waals surface area contributed by atoms with Crippen molar-refractivity contribution in [3.8, 4) is 0 Å². The van der Waals surface area contributed by atoms with E-state index in [4.69, 9.17) is 0 Å². The van der Waals surface area contributed by atoms with Crippen LogP contribution in [0.2, 0.25) is 0 Å². The topological polar surface area (TPSA) is 70.5 Å². The Kier molecular flexibility index (Phi) is 5.38. The third kappa shape index (κ3) is 4.03. The van der Waals surface area contributed by atoms with Gasteiger partial charge in [-0.25, -0.2) is 0 Å². The molecule has 4 rings (SSSR count). The minimum Gasteiger partial charge on any atom is -0.340 e. The van der Waals surface area contributed by atoms with Crippen molar-refractivity contribution >= 4 is 33.3 Å². The average molecular weight is 427 g/mol. The number of pyridine rings is 1. The van der Waals surface area contributed by atoms with Crippen LogP contribution in [0.15, 0.2) is 70.6 Å². The summed E-state index contributed by atoms with van der Waals surface area (Å²) in [6.45, 7) is 4.60. The van der Waals surface area contributed by atoms with Crippen LogP contribution in [0.1, 0.15) is 28.5 Å². The highest BCUT2D eigenvalue weighted by atomic mass is 32.2. The Hall–Kier alpha value is -2.35. The van der Waals surface area contributed by atoms with Crippen LogP contribution in [0.5, 0.6) is 0 Å². The maximum absolute atomic E-state index is 12.1. The molecule has 5 nitrogen and oxygen atoms in total. The molecule has 1 atom stereocenters. The predicted molar refractivity (Wildman–Crippen MR) is 117 cm³/mol. The van der Waals surface area contributed by atoms with Gasteiger partial charge < -0.3 is 4.90 Å². The van der Waals surface area contributed by atoms with Gasteiger partial charge in [0.05, 0.1) is 17.1 Å². The molecule has 0 bridgehead atoms. The summed E-state index contributed by atoms with van der Waals surface area (Å²) in [7, 11) is -4.28. The van der Waals surface area contributed by atoms with Crippen LogP contribution >= 0.6 is 11.8 Å². The number of para-hydroxylation sites is 1. The molecule has 29 heavy (non-hydrogen) atoms. The van der Waals surface area contributed by atoms with Gasteiger partial charge in [0.15, 0.2) is 0 Å². The smallest absolute Gasteiger partial charge is 0.273 e. The van der Waals surface area contributed by atoms with Gasteiger partial charge in [0.25, 0.3) is 10.1 Å². The zero-order chi connectivity index (χ0) is 20.6. The predicted octanol–water partition coefficient (Wildman–Crippen LogP) is 5.32. The Labute approximate surface area is 175 Å². The first kappa shape index (κ1) is 19.9. The Morgan fingerprint density at radius 2 is 1.83 bits per heavy atom. The molecule has 1 aliphatic heterocycles. The van der Waals surface area contributed by atoms with Crippen LogP contribution in [-0.2, 0) is 10.1 Å². The number of rotatable bonds is 5. The van der Waals surface area contributed by atoms with Crippen LogP contribution in [-0.4, -0.2) is 24.5 Å². The molecule has 0 fully saturated rings. The summed E-state index contributed by atoms with van der Waals surface area (Å²) < 4.78 is 34.0. The first-order valence-corrected chi connectivity index (χ1v) is 11.7. The standard InChI is InChI=1S/C22H22N2O3S2/c1-15-13-16(2)22-19(14-15)24(18-8-3-4-9-20(18)28-22)12-10-21(29(25,26)27)17-7-5-6-11-23-17/h3-9,11,13-14,21H,10,12H2,1-2H3,(H,25,26,27). The average Bonchev–Trinajstić information content (AvgIpc) is 2.68. The quantitative estimate of drug-likeness (QED) is 0.557. The SMILES string of the molecule is Cc1cc(C)c2c(c1)N(CCC(c1ccccn1)S(=O)(=O)O)c1ccccc1S2. The molecule has 1 aliphatic rings. The van der Waals surface area contributed by atoms with E-state index in [2.05, 4.69) is 41.9 Å². The third-order valence-corrected chi connectivity index (χ3v) is 7.55. The molecule has 2 aromatic carbocycles. The summed E-state index contributed by atoms with van der Waals surface area (Å²) in [5.74, 6) is 0. The molecule has 150 valence electrons. The normalized spacial score (nSPS) is 14.2. The summed E-state index contributed by atoms with van der Waals surface area (Å²) in [4.78, 5) is 8.63. The largest absolute Gasteiger partial charge is 0.340 e. The summed E-state index contributed by atoms with van der Waals surface area (Å²) in [5, 5.41) is -1.07. The monoisotopic (exact) mass is 426 g/mol. The van der Waals surface area contributed by atoms with E-state index in [0.29, 0.717) is 12.2 Å². The van der Waals surface area contributed by atoms with Gasteiger partial charge in [-0.2, -0.15) is 8.42 Å². The first-order valence-electron chi connectivity index (χ1n) is 9.37. The van der Waals surface area contributed by atoms with Gasteiger partial charge in [-0.1, -0.05) is 36.0 Å². The van der Waals surface area contributed by atoms with Gasteiger partial charge in [0, 0.05) is 22.5 Å². The fraction of sp³-hybridized carbons (Fsp3) is 0.227. The second kappa shape index (κ2) is 7.82. The van der Waals surface area contributed by atoms with Gasteiger partial charge >= 0.3 is 0 Å². The maximum atomic E-state index is 12.1. The highest BCUT2D eigenvalue weighted by Crippen LogP contribution is 2.50. The molecule has 1 N–H and O–H groups in total. The lowest BCUT2D eigenvalue weighted by Gasteiger charge is -2.34. The maximum Gasteiger partial charge on any atom is 0.273 e. The van der Waals surface area contributed by atoms with E-state index < -0.39 is 15.4 Å². The van der Waals surface area contributed by atoms with Crippen LogP contribution < -0.4 is 4.90 Å². The molecule has 0 radical (unpaired) electrons. The minimum atomic E-state index is -4.28. The molecule has 3 aromatic rings. The van der Waals surface area contributed by atoms with E-state index in [-0.39, 0.29) is 6.42 Å². The highest BCUT2D eigenvalue weighted by molar-refractivity contribution is 7.99. The van der Waals surface area contributed by atoms with Crippen LogP contribution in [0, 0.1) is 13.8 Å². The Morgan fingerprint density at radius 3 is 2.55 bits per heavy atom. The third-order valence-electron chi connectivity index (χ3n) is 5.05. The molecule has 0 amide bonds. The molecule has 0 spiro atoms. The number of anilines is 2. The van der Waals surface area contributed by atoms with Crippen molar-refractivity contribution in [3.63, 3.8) is 0 Å². The summed E-state index contributed by atoms with van der Waals surface area (Å²) in [6, 6.07) is 17.5. The van der Waals surface area contributed by atoms with E-state index in [1.807, 2.05) is 18.2 Å². The van der Waals surface area contributed by atoms with E-state index in [1.165, 1.54) is 10.5 Å². The zero-order valence-electron chi connectivity index (χ0n) is 16.2. The number of hydrogen-bond acceptors (Lipinski definition) is 5. The molecule has 0 saturated heterocycles. The van der Waals surface area contributed by atoms with Gasteiger partial charge in [-0.3, -0.25) is 9.54 Å². The Morgan fingerprint density at radius 1 is 1.07 bits per heavy atom. The number of aryl methyl sites for hydroxylation is 2. The lowest BCUT2D eigenvalue weighted by molar-refractivity contribution is 0.463. The van der Waals surface area contributed by atoms with Crippen molar-refractivity contribution in [1.29, 1.82) is 0 Å². The minimum absolute atomic E-state index is 0.223. The van der Waals surface area contributed by atoms with Gasteiger partial charge in [-0.05, 0) is 61.7 Å². The zero-order valence-corrected chi connectivity index (χ0v) is 17.9. The van der Waals surface area contributed by atoms with Crippen molar-refractivity contribution in [2.24, 2.45) is 0 Å². The lowest BCUT2D eigenvalue weighted by atomic mass is 10.1. The van der Waals surface area contributed by atoms with Crippen molar-refractivity contribution in [2.75, 3.05) is 11.4 Å². The molecule has 2 heterocycles. The van der Waals surface area contributed by atoms with E-state index in [1.54, 1.807) is 36.2 Å². The molecule has 1 aromatic heterocycles. The van der Waals surface area contributed by atoms with E-state index in [0.717, 1.165) is 21.8 Å². The van der Waals surface area contributed by atoms with Gasteiger partial charge in [-0.15, -0.1) is 0 Å². The lowest BCUT2D eigenvalue weighted by Crippen LogP contribution is -2.26. The van der Waals surface area contributed by atoms with Crippen LogP contribution in [0.3, 0.4) is 0 Å². The second-order valence-corrected chi connectivity index (χ2v) is 9.85. The second-order valence-electron chi connectivity index (χ2n) is 7.20. The summed E-state index contributed by atoms with van der Waals surface area (Å²) >= 11 is 1.74. The molecule has 0 aliphatic carbocycles. The fourth-order valence-corrected chi connectivity index (χ4v) is 5.77. The highest BCUT2D eigenvalue weighted by Gasteiger charge is 2.30. The Bertz CT molecular complexity index is 1150. The first-order chi connectivity index (χ1) is 13.8. The van der Waals surface area contributed by atoms with E-state index >= 15 is 0 Å². The van der Waals surface area contributed by atoms with Crippen LogP contribution in [0.25, 0.3) is 0 Å². The Balaban J connectivity index is 1.73. The molecular formula is C22H22N2O3S2. The molecule has 0 saturated carbocycles. The van der Waals surface area contributed by atoms with Crippen LogP contribution in [0.4, 0.5) is 11.4 Å². The van der Waals surface area contributed by atoms with Gasteiger partial charge in [0.1, 0.15) is 5.25 Å². The molecule has 7 heteroatoms. The molecule has 1 unspecified atom stereocenters.